The van der Waals surface area contributed by atoms with Crippen LogP contribution in [0.1, 0.15) is 33.4 Å². The lowest BCUT2D eigenvalue weighted by Crippen LogP contribution is -2.14. The standard InChI is InChI=1S/C19H15F3N4O2S/c1-3-14-7-11(9-23)18(29-14)24-17(27)16-15(28-2)10-26(25-16)13-6-4-5-12(8-13)19(20,21)22/h4-8,10H,3H2,1-2H3,(H,24,27). The number of nitrogens with one attached hydrogen (secondary N) is 1. The molecule has 6 nitrogen and oxygen atoms in total. The number of alkyl halides is 3. The third kappa shape index (κ3) is 4.25. The summed E-state index contributed by atoms with van der Waals surface area (Å²) < 4.78 is 45.2. The number of aromatic nitrogens is 2. The minimum Gasteiger partial charge on any atom is -0.493 e. The number of methoxy groups -OCH3 is 1. The fourth-order valence-electron chi connectivity index (χ4n) is 2.58. The van der Waals surface area contributed by atoms with Gasteiger partial charge in [-0.25, -0.2) is 4.68 Å². The number of carbonyl (C=O) groups is 1. The van der Waals surface area contributed by atoms with Crippen molar-refractivity contribution in [2.24, 2.45) is 0 Å². The van der Waals surface area contributed by atoms with Gasteiger partial charge in [0.05, 0.1) is 30.1 Å². The number of carbonyl (C=O) groups excluding carboxylic acids is 1. The van der Waals surface area contributed by atoms with E-state index in [1.165, 1.54) is 36.8 Å². The molecule has 0 saturated heterocycles. The second-order valence-corrected chi connectivity index (χ2v) is 7.05. The number of ether oxygens (including phenoxy) is 1. The Hall–Kier alpha value is -3.32. The molecule has 1 aromatic carbocycles. The normalized spacial score (nSPS) is 11.2. The lowest BCUT2D eigenvalue weighted by Gasteiger charge is -2.08. The van der Waals surface area contributed by atoms with Crippen LogP contribution in [0.2, 0.25) is 0 Å². The average Bonchev–Trinajstić information content (AvgIpc) is 3.31. The number of hydrogen-bond donors (Lipinski definition) is 1. The Kier molecular flexibility index (Phi) is 5.61. The van der Waals surface area contributed by atoms with E-state index in [1.54, 1.807) is 6.07 Å². The van der Waals surface area contributed by atoms with Crippen LogP contribution in [0.5, 0.6) is 5.75 Å². The quantitative estimate of drug-likeness (QED) is 0.652. The van der Waals surface area contributed by atoms with Crippen LogP contribution >= 0.6 is 11.3 Å². The van der Waals surface area contributed by atoms with Crippen LogP contribution in [-0.4, -0.2) is 22.8 Å². The van der Waals surface area contributed by atoms with E-state index in [2.05, 4.69) is 10.4 Å². The number of benzene rings is 1. The highest BCUT2D eigenvalue weighted by molar-refractivity contribution is 7.16. The molecule has 2 heterocycles. The van der Waals surface area contributed by atoms with Crippen LogP contribution in [0, 0.1) is 11.3 Å². The summed E-state index contributed by atoms with van der Waals surface area (Å²) in [6.07, 6.45) is -2.47. The summed E-state index contributed by atoms with van der Waals surface area (Å²) >= 11 is 1.27. The van der Waals surface area contributed by atoms with Crippen LogP contribution in [0.15, 0.2) is 36.5 Å². The Bertz CT molecular complexity index is 1100. The minimum atomic E-state index is -4.50. The molecule has 0 aliphatic heterocycles. The summed E-state index contributed by atoms with van der Waals surface area (Å²) in [5.41, 5.74) is -0.490. The van der Waals surface area contributed by atoms with Gasteiger partial charge < -0.3 is 10.1 Å². The van der Waals surface area contributed by atoms with Crippen LogP contribution in [0.4, 0.5) is 18.2 Å². The smallest absolute Gasteiger partial charge is 0.416 e. The maximum Gasteiger partial charge on any atom is 0.416 e. The number of rotatable bonds is 5. The van der Waals surface area contributed by atoms with Gasteiger partial charge in [-0.15, -0.1) is 11.3 Å². The van der Waals surface area contributed by atoms with Gasteiger partial charge in [-0.05, 0) is 30.7 Å². The molecule has 0 fully saturated rings. The SMILES string of the molecule is CCc1cc(C#N)c(NC(=O)c2nn(-c3cccc(C(F)(F)F)c3)cc2OC)s1. The van der Waals surface area contributed by atoms with Crippen molar-refractivity contribution < 1.29 is 22.7 Å². The molecule has 0 atom stereocenters. The average molecular weight is 420 g/mol. The van der Waals surface area contributed by atoms with E-state index in [0.29, 0.717) is 17.0 Å². The molecule has 0 aliphatic carbocycles. The van der Waals surface area contributed by atoms with Crippen LogP contribution in [0.25, 0.3) is 5.69 Å². The van der Waals surface area contributed by atoms with Gasteiger partial charge in [0.25, 0.3) is 5.91 Å². The molecule has 0 bridgehead atoms. The number of nitriles is 1. The van der Waals surface area contributed by atoms with Gasteiger partial charge in [-0.3, -0.25) is 4.79 Å². The number of nitrogens with zero attached hydrogens (tertiary/aromatic N) is 3. The van der Waals surface area contributed by atoms with Crippen LogP contribution in [-0.2, 0) is 12.6 Å². The molecule has 1 amide bonds. The highest BCUT2D eigenvalue weighted by atomic mass is 32.1. The first-order valence-electron chi connectivity index (χ1n) is 8.42. The summed E-state index contributed by atoms with van der Waals surface area (Å²) in [7, 11) is 1.32. The monoisotopic (exact) mass is 420 g/mol. The van der Waals surface area contributed by atoms with E-state index < -0.39 is 17.6 Å². The molecule has 0 spiro atoms. The fraction of sp³-hybridized carbons (Fsp3) is 0.211. The molecule has 0 aliphatic rings. The number of aryl methyl sites for hydroxylation is 1. The maximum absolute atomic E-state index is 13.0. The van der Waals surface area contributed by atoms with E-state index in [1.807, 2.05) is 13.0 Å². The molecule has 150 valence electrons. The second kappa shape index (κ2) is 7.97. The Morgan fingerprint density at radius 1 is 1.38 bits per heavy atom. The van der Waals surface area contributed by atoms with Crippen molar-refractivity contribution in [2.45, 2.75) is 19.5 Å². The molecule has 3 aromatic rings. The molecule has 29 heavy (non-hydrogen) atoms. The zero-order chi connectivity index (χ0) is 21.2. The Labute approximate surface area is 168 Å². The van der Waals surface area contributed by atoms with E-state index in [4.69, 9.17) is 4.74 Å². The molecule has 0 unspecified atom stereocenters. The van der Waals surface area contributed by atoms with E-state index in [0.717, 1.165) is 21.7 Å². The molecular formula is C19H15F3N4O2S. The highest BCUT2D eigenvalue weighted by Gasteiger charge is 2.31. The van der Waals surface area contributed by atoms with E-state index >= 15 is 0 Å². The summed E-state index contributed by atoms with van der Waals surface area (Å²) in [4.78, 5) is 13.6. The molecule has 2 aromatic heterocycles. The Morgan fingerprint density at radius 3 is 2.76 bits per heavy atom. The Balaban J connectivity index is 1.94. The predicted octanol–water partition coefficient (Wildman–Crippen LogP) is 4.65. The maximum atomic E-state index is 13.0. The second-order valence-electron chi connectivity index (χ2n) is 5.91. The third-order valence-electron chi connectivity index (χ3n) is 4.03. The van der Waals surface area contributed by atoms with Gasteiger partial charge in [0.2, 0.25) is 0 Å². The van der Waals surface area contributed by atoms with Gasteiger partial charge in [-0.2, -0.15) is 23.5 Å². The summed E-state index contributed by atoms with van der Waals surface area (Å²) in [6.45, 7) is 1.93. The highest BCUT2D eigenvalue weighted by Crippen LogP contribution is 2.32. The van der Waals surface area contributed by atoms with Crippen LogP contribution < -0.4 is 10.1 Å². The summed E-state index contributed by atoms with van der Waals surface area (Å²) in [6, 6.07) is 8.27. The molecule has 0 radical (unpaired) electrons. The van der Waals surface area contributed by atoms with Crippen molar-refractivity contribution in [3.63, 3.8) is 0 Å². The zero-order valence-electron chi connectivity index (χ0n) is 15.4. The van der Waals surface area contributed by atoms with E-state index in [-0.39, 0.29) is 17.1 Å². The third-order valence-corrected chi connectivity index (χ3v) is 5.23. The first-order chi connectivity index (χ1) is 13.8. The molecule has 10 heteroatoms. The summed E-state index contributed by atoms with van der Waals surface area (Å²) in [5.74, 6) is -0.542. The first-order valence-corrected chi connectivity index (χ1v) is 9.24. The van der Waals surface area contributed by atoms with Crippen molar-refractivity contribution in [3.05, 3.63) is 58.2 Å². The van der Waals surface area contributed by atoms with Gasteiger partial charge in [-0.1, -0.05) is 13.0 Å². The summed E-state index contributed by atoms with van der Waals surface area (Å²) in [5, 5.41) is 16.3. The lowest BCUT2D eigenvalue weighted by atomic mass is 10.2. The van der Waals surface area contributed by atoms with Gasteiger partial charge in [0, 0.05) is 4.88 Å². The van der Waals surface area contributed by atoms with Gasteiger partial charge >= 0.3 is 6.18 Å². The van der Waals surface area contributed by atoms with Crippen molar-refractivity contribution in [3.8, 4) is 17.5 Å². The molecule has 3 rings (SSSR count). The zero-order valence-corrected chi connectivity index (χ0v) is 16.2. The lowest BCUT2D eigenvalue weighted by molar-refractivity contribution is -0.137. The van der Waals surface area contributed by atoms with Gasteiger partial charge in [0.1, 0.15) is 11.1 Å². The van der Waals surface area contributed by atoms with Crippen molar-refractivity contribution in [1.82, 2.24) is 9.78 Å². The number of anilines is 1. The number of hydrogen-bond acceptors (Lipinski definition) is 5. The molecular weight excluding hydrogens is 405 g/mol. The number of amides is 1. The Morgan fingerprint density at radius 2 is 2.14 bits per heavy atom. The van der Waals surface area contributed by atoms with Crippen molar-refractivity contribution >= 4 is 22.2 Å². The predicted molar refractivity (Wildman–Crippen MR) is 101 cm³/mol. The van der Waals surface area contributed by atoms with E-state index in [9.17, 15) is 23.2 Å². The largest absolute Gasteiger partial charge is 0.493 e. The van der Waals surface area contributed by atoms with Crippen molar-refractivity contribution in [2.75, 3.05) is 12.4 Å². The number of halogens is 3. The minimum absolute atomic E-state index is 0.0886. The molecule has 1 N–H and O–H groups in total. The first kappa shape index (κ1) is 20.4. The molecule has 0 saturated carbocycles. The van der Waals surface area contributed by atoms with Crippen molar-refractivity contribution in [1.29, 1.82) is 5.26 Å². The fourth-order valence-corrected chi connectivity index (χ4v) is 3.52. The van der Waals surface area contributed by atoms with Crippen LogP contribution in [0.3, 0.4) is 0 Å². The number of thiophene rings is 1. The topological polar surface area (TPSA) is 79.9 Å². The van der Waals surface area contributed by atoms with Gasteiger partial charge in [0.15, 0.2) is 11.4 Å².